The largest absolute Gasteiger partial charge is 0.395 e. The zero-order valence-corrected chi connectivity index (χ0v) is 12.7. The van der Waals surface area contributed by atoms with Gasteiger partial charge in [0.25, 0.3) is 5.91 Å². The van der Waals surface area contributed by atoms with Crippen molar-refractivity contribution in [2.75, 3.05) is 25.9 Å². The summed E-state index contributed by atoms with van der Waals surface area (Å²) in [5.41, 5.74) is 7.82. The maximum Gasteiger partial charge on any atom is 0.273 e. The molecule has 0 radical (unpaired) electrons. The van der Waals surface area contributed by atoms with Gasteiger partial charge in [0.2, 0.25) is 0 Å². The lowest BCUT2D eigenvalue weighted by molar-refractivity contribution is 0.0943. The van der Waals surface area contributed by atoms with E-state index in [1.54, 1.807) is 0 Å². The molecule has 1 aromatic heterocycles. The SMILES string of the molecule is CN(CCNC(=O)c1n[nH]c(C2CC2)c1N)C1CCCC1. The number of rotatable bonds is 6. The molecule has 0 saturated heterocycles. The summed E-state index contributed by atoms with van der Waals surface area (Å²) in [4.78, 5) is 14.5. The Morgan fingerprint density at radius 1 is 1.38 bits per heavy atom. The fourth-order valence-corrected chi connectivity index (χ4v) is 3.18. The van der Waals surface area contributed by atoms with Crippen LogP contribution in [0.3, 0.4) is 0 Å². The summed E-state index contributed by atoms with van der Waals surface area (Å²) in [5.74, 6) is 0.308. The molecule has 116 valence electrons. The van der Waals surface area contributed by atoms with Gasteiger partial charge in [0.1, 0.15) is 0 Å². The van der Waals surface area contributed by atoms with Crippen LogP contribution in [0.1, 0.15) is 60.6 Å². The Kier molecular flexibility index (Phi) is 4.14. The van der Waals surface area contributed by atoms with Crippen LogP contribution in [-0.2, 0) is 0 Å². The first-order valence-corrected chi connectivity index (χ1v) is 7.99. The molecule has 21 heavy (non-hydrogen) atoms. The third-order valence-electron chi connectivity index (χ3n) is 4.73. The highest BCUT2D eigenvalue weighted by molar-refractivity contribution is 5.97. The van der Waals surface area contributed by atoms with Gasteiger partial charge in [-0.05, 0) is 32.7 Å². The van der Waals surface area contributed by atoms with Gasteiger partial charge < -0.3 is 16.0 Å². The summed E-state index contributed by atoms with van der Waals surface area (Å²) in [6, 6.07) is 0.679. The van der Waals surface area contributed by atoms with Crippen LogP contribution in [0, 0.1) is 0 Å². The van der Waals surface area contributed by atoms with Crippen LogP contribution < -0.4 is 11.1 Å². The van der Waals surface area contributed by atoms with Crippen LogP contribution in [0.15, 0.2) is 0 Å². The third kappa shape index (κ3) is 3.20. The second-order valence-electron chi connectivity index (χ2n) is 6.35. The molecule has 0 unspecified atom stereocenters. The molecule has 6 heteroatoms. The molecule has 2 aliphatic carbocycles. The first-order chi connectivity index (χ1) is 10.2. The van der Waals surface area contributed by atoms with E-state index < -0.39 is 0 Å². The van der Waals surface area contributed by atoms with Crippen molar-refractivity contribution in [2.45, 2.75) is 50.5 Å². The van der Waals surface area contributed by atoms with Crippen molar-refractivity contribution in [2.24, 2.45) is 0 Å². The topological polar surface area (TPSA) is 87.0 Å². The van der Waals surface area contributed by atoms with Gasteiger partial charge in [-0.25, -0.2) is 0 Å². The van der Waals surface area contributed by atoms with E-state index in [0.29, 0.717) is 29.9 Å². The minimum absolute atomic E-state index is 0.171. The summed E-state index contributed by atoms with van der Waals surface area (Å²) in [5, 5.41) is 9.91. The van der Waals surface area contributed by atoms with Crippen LogP contribution in [-0.4, -0.2) is 47.2 Å². The van der Waals surface area contributed by atoms with Gasteiger partial charge in [-0.1, -0.05) is 12.8 Å². The van der Waals surface area contributed by atoms with Gasteiger partial charge in [-0.2, -0.15) is 5.10 Å². The Balaban J connectivity index is 1.47. The molecule has 1 heterocycles. The number of carbonyl (C=O) groups excluding carboxylic acids is 1. The molecule has 0 bridgehead atoms. The Morgan fingerprint density at radius 3 is 2.76 bits per heavy atom. The number of nitrogens with one attached hydrogen (secondary N) is 2. The van der Waals surface area contributed by atoms with Gasteiger partial charge >= 0.3 is 0 Å². The number of aromatic amines is 1. The second-order valence-corrected chi connectivity index (χ2v) is 6.35. The molecule has 0 atom stereocenters. The number of H-pyrrole nitrogens is 1. The number of nitrogens with two attached hydrogens (primary N) is 1. The normalized spacial score (nSPS) is 19.3. The number of aromatic nitrogens is 2. The van der Waals surface area contributed by atoms with Crippen LogP contribution in [0.25, 0.3) is 0 Å². The molecule has 4 N–H and O–H groups in total. The van der Waals surface area contributed by atoms with Crippen LogP contribution in [0.4, 0.5) is 5.69 Å². The van der Waals surface area contributed by atoms with Crippen molar-refractivity contribution in [1.29, 1.82) is 0 Å². The number of likely N-dealkylation sites (N-methyl/N-ethyl adjacent to an activating group) is 1. The Morgan fingerprint density at radius 2 is 2.10 bits per heavy atom. The average molecular weight is 291 g/mol. The molecule has 0 spiro atoms. The fourth-order valence-electron chi connectivity index (χ4n) is 3.18. The molecular weight excluding hydrogens is 266 g/mol. The average Bonchev–Trinajstić information content (AvgIpc) is 3.01. The predicted molar refractivity (Wildman–Crippen MR) is 82.2 cm³/mol. The number of anilines is 1. The Labute approximate surface area is 125 Å². The number of amides is 1. The molecule has 0 aromatic carbocycles. The van der Waals surface area contributed by atoms with Crippen molar-refractivity contribution in [3.05, 3.63) is 11.4 Å². The highest BCUT2D eigenvalue weighted by atomic mass is 16.1. The molecule has 2 fully saturated rings. The Bertz CT molecular complexity index is 502. The van der Waals surface area contributed by atoms with E-state index >= 15 is 0 Å². The molecule has 2 saturated carbocycles. The molecule has 6 nitrogen and oxygen atoms in total. The lowest BCUT2D eigenvalue weighted by atomic mass is 10.2. The summed E-state index contributed by atoms with van der Waals surface area (Å²) < 4.78 is 0. The molecule has 3 rings (SSSR count). The van der Waals surface area contributed by atoms with Gasteiger partial charge in [-0.15, -0.1) is 0 Å². The second kappa shape index (κ2) is 6.05. The maximum absolute atomic E-state index is 12.1. The number of carbonyl (C=O) groups is 1. The molecule has 2 aliphatic rings. The standard InChI is InChI=1S/C15H25N5O/c1-20(11-4-2-3-5-11)9-8-17-15(21)14-12(16)13(18-19-14)10-6-7-10/h10-11H,2-9,16H2,1H3,(H,17,21)(H,18,19). The van der Waals surface area contributed by atoms with E-state index in [1.165, 1.54) is 25.7 Å². The zero-order chi connectivity index (χ0) is 14.8. The third-order valence-corrected chi connectivity index (χ3v) is 4.73. The van der Waals surface area contributed by atoms with Crippen LogP contribution >= 0.6 is 0 Å². The van der Waals surface area contributed by atoms with E-state index in [4.69, 9.17) is 5.73 Å². The first-order valence-electron chi connectivity index (χ1n) is 7.99. The lowest BCUT2D eigenvalue weighted by Crippen LogP contribution is -2.37. The summed E-state index contributed by atoms with van der Waals surface area (Å²) in [6.07, 6.45) is 7.49. The minimum Gasteiger partial charge on any atom is -0.395 e. The molecule has 1 aromatic rings. The quantitative estimate of drug-likeness (QED) is 0.741. The van der Waals surface area contributed by atoms with Gasteiger partial charge in [0.15, 0.2) is 5.69 Å². The van der Waals surface area contributed by atoms with Crippen molar-refractivity contribution in [3.63, 3.8) is 0 Å². The first kappa shape index (κ1) is 14.4. The fraction of sp³-hybridized carbons (Fsp3) is 0.733. The lowest BCUT2D eigenvalue weighted by Gasteiger charge is -2.23. The molecule has 1 amide bonds. The summed E-state index contributed by atoms with van der Waals surface area (Å²) in [7, 11) is 2.14. The highest BCUT2D eigenvalue weighted by Gasteiger charge is 2.30. The maximum atomic E-state index is 12.1. The minimum atomic E-state index is -0.171. The number of nitrogen functional groups attached to an aromatic ring is 1. The van der Waals surface area contributed by atoms with Crippen molar-refractivity contribution < 1.29 is 4.79 Å². The number of nitrogens with zero attached hydrogens (tertiary/aromatic N) is 2. The highest BCUT2D eigenvalue weighted by Crippen LogP contribution is 2.42. The summed E-state index contributed by atoms with van der Waals surface area (Å²) in [6.45, 7) is 1.51. The van der Waals surface area contributed by atoms with Crippen LogP contribution in [0.2, 0.25) is 0 Å². The zero-order valence-electron chi connectivity index (χ0n) is 12.7. The van der Waals surface area contributed by atoms with E-state index in [0.717, 1.165) is 25.1 Å². The van der Waals surface area contributed by atoms with E-state index in [-0.39, 0.29) is 5.91 Å². The van der Waals surface area contributed by atoms with E-state index in [1.807, 2.05) is 0 Å². The monoisotopic (exact) mass is 291 g/mol. The Hall–Kier alpha value is -1.56. The number of hydrogen-bond donors (Lipinski definition) is 3. The summed E-state index contributed by atoms with van der Waals surface area (Å²) >= 11 is 0. The van der Waals surface area contributed by atoms with E-state index in [9.17, 15) is 4.79 Å². The number of hydrogen-bond acceptors (Lipinski definition) is 4. The van der Waals surface area contributed by atoms with Gasteiger partial charge in [0, 0.05) is 25.0 Å². The van der Waals surface area contributed by atoms with E-state index in [2.05, 4.69) is 27.5 Å². The molecule has 0 aliphatic heterocycles. The van der Waals surface area contributed by atoms with Crippen LogP contribution in [0.5, 0.6) is 0 Å². The van der Waals surface area contributed by atoms with Gasteiger partial charge in [-0.3, -0.25) is 9.89 Å². The molecular formula is C15H25N5O. The van der Waals surface area contributed by atoms with Gasteiger partial charge in [0.05, 0.1) is 11.4 Å². The van der Waals surface area contributed by atoms with Crippen molar-refractivity contribution >= 4 is 11.6 Å². The predicted octanol–water partition coefficient (Wildman–Crippen LogP) is 1.47. The smallest absolute Gasteiger partial charge is 0.273 e. The van der Waals surface area contributed by atoms with Crippen molar-refractivity contribution in [1.82, 2.24) is 20.4 Å². The van der Waals surface area contributed by atoms with Crippen molar-refractivity contribution in [3.8, 4) is 0 Å².